The summed E-state index contributed by atoms with van der Waals surface area (Å²) >= 11 is 0. The van der Waals surface area contributed by atoms with Crippen molar-refractivity contribution < 1.29 is 33.3 Å². The van der Waals surface area contributed by atoms with Crippen molar-refractivity contribution in [3.63, 3.8) is 0 Å². The van der Waals surface area contributed by atoms with Gasteiger partial charge >= 0.3 is 5.97 Å². The Balaban J connectivity index is 1.36. The lowest BCUT2D eigenvalue weighted by Crippen LogP contribution is -2.30. The molecule has 0 aliphatic carbocycles. The molecule has 176 valence electrons. The summed E-state index contributed by atoms with van der Waals surface area (Å²) in [6, 6.07) is 19.5. The fourth-order valence-corrected chi connectivity index (χ4v) is 3.30. The number of rotatable bonds is 8. The van der Waals surface area contributed by atoms with Crippen LogP contribution in [0.5, 0.6) is 23.0 Å². The van der Waals surface area contributed by atoms with Crippen molar-refractivity contribution in [2.75, 3.05) is 25.6 Å². The number of amides is 1. The van der Waals surface area contributed by atoms with E-state index in [4.69, 9.17) is 23.7 Å². The van der Waals surface area contributed by atoms with Gasteiger partial charge in [-0.05, 0) is 42.8 Å². The van der Waals surface area contributed by atoms with Gasteiger partial charge in [0.25, 0.3) is 5.91 Å². The number of hydrogen-bond donors (Lipinski definition) is 1. The van der Waals surface area contributed by atoms with E-state index in [9.17, 15) is 9.59 Å². The van der Waals surface area contributed by atoms with Gasteiger partial charge in [0.15, 0.2) is 29.1 Å². The van der Waals surface area contributed by atoms with Gasteiger partial charge in [-0.3, -0.25) is 4.79 Å². The molecule has 1 atom stereocenters. The number of fused-ring (bicyclic) bond motifs is 1. The molecule has 0 radical (unpaired) electrons. The Morgan fingerprint density at radius 3 is 2.47 bits per heavy atom. The number of ether oxygens (including phenoxy) is 5. The average Bonchev–Trinajstić information content (AvgIpc) is 2.87. The predicted octanol–water partition coefficient (Wildman–Crippen LogP) is 4.23. The van der Waals surface area contributed by atoms with Crippen LogP contribution in [0.4, 0.5) is 5.69 Å². The molecule has 0 bridgehead atoms. The van der Waals surface area contributed by atoms with Crippen molar-refractivity contribution in [2.24, 2.45) is 0 Å². The summed E-state index contributed by atoms with van der Waals surface area (Å²) < 4.78 is 27.5. The van der Waals surface area contributed by atoms with Crippen LogP contribution in [-0.4, -0.2) is 38.3 Å². The largest absolute Gasteiger partial charge is 0.493 e. The molecule has 1 N–H and O–H groups in total. The molecule has 1 aliphatic heterocycles. The lowest BCUT2D eigenvalue weighted by molar-refractivity contribution is -0.123. The van der Waals surface area contributed by atoms with Crippen molar-refractivity contribution >= 4 is 17.6 Å². The van der Waals surface area contributed by atoms with Gasteiger partial charge in [-0.1, -0.05) is 30.3 Å². The molecule has 0 aromatic heterocycles. The van der Waals surface area contributed by atoms with E-state index in [0.29, 0.717) is 48.5 Å². The van der Waals surface area contributed by atoms with E-state index in [1.54, 1.807) is 30.3 Å². The molecular formula is C26H25NO7. The maximum absolute atomic E-state index is 12.6. The molecule has 3 aromatic rings. The topological polar surface area (TPSA) is 92.3 Å². The lowest BCUT2D eigenvalue weighted by Gasteiger charge is -2.19. The molecule has 1 heterocycles. The minimum Gasteiger partial charge on any atom is -0.493 e. The summed E-state index contributed by atoms with van der Waals surface area (Å²) in [5.41, 5.74) is 1.76. The van der Waals surface area contributed by atoms with E-state index in [-0.39, 0.29) is 5.56 Å². The van der Waals surface area contributed by atoms with Gasteiger partial charge in [0.1, 0.15) is 19.8 Å². The van der Waals surface area contributed by atoms with Crippen LogP contribution in [0.2, 0.25) is 0 Å². The Bertz CT molecular complexity index is 1160. The zero-order chi connectivity index (χ0) is 23.9. The van der Waals surface area contributed by atoms with Gasteiger partial charge in [0, 0.05) is 11.8 Å². The van der Waals surface area contributed by atoms with Gasteiger partial charge in [0.05, 0.1) is 12.7 Å². The highest BCUT2D eigenvalue weighted by atomic mass is 16.6. The highest BCUT2D eigenvalue weighted by Crippen LogP contribution is 2.33. The van der Waals surface area contributed by atoms with E-state index >= 15 is 0 Å². The first kappa shape index (κ1) is 23.0. The van der Waals surface area contributed by atoms with Gasteiger partial charge in [-0.25, -0.2) is 4.79 Å². The molecular weight excluding hydrogens is 438 g/mol. The third-order valence-electron chi connectivity index (χ3n) is 5.10. The molecule has 3 aromatic carbocycles. The lowest BCUT2D eigenvalue weighted by atomic mass is 10.2. The van der Waals surface area contributed by atoms with Crippen LogP contribution in [0.1, 0.15) is 22.8 Å². The van der Waals surface area contributed by atoms with E-state index < -0.39 is 18.0 Å². The summed E-state index contributed by atoms with van der Waals surface area (Å²) in [6.45, 7) is 2.78. The molecule has 0 spiro atoms. The quantitative estimate of drug-likeness (QED) is 0.500. The van der Waals surface area contributed by atoms with Crippen LogP contribution in [0, 0.1) is 0 Å². The molecule has 34 heavy (non-hydrogen) atoms. The zero-order valence-corrected chi connectivity index (χ0v) is 18.9. The van der Waals surface area contributed by atoms with E-state index in [0.717, 1.165) is 5.56 Å². The second-order valence-electron chi connectivity index (χ2n) is 7.54. The van der Waals surface area contributed by atoms with Crippen molar-refractivity contribution in [2.45, 2.75) is 19.6 Å². The number of hydrogen-bond acceptors (Lipinski definition) is 7. The number of carbonyl (C=O) groups excluding carboxylic acids is 2. The second-order valence-corrected chi connectivity index (χ2v) is 7.54. The molecule has 0 fully saturated rings. The molecule has 4 rings (SSSR count). The monoisotopic (exact) mass is 463 g/mol. The third kappa shape index (κ3) is 5.58. The van der Waals surface area contributed by atoms with Gasteiger partial charge < -0.3 is 29.0 Å². The van der Waals surface area contributed by atoms with Gasteiger partial charge in [0.2, 0.25) is 0 Å². The number of esters is 1. The first-order valence-electron chi connectivity index (χ1n) is 10.8. The molecule has 8 heteroatoms. The van der Waals surface area contributed by atoms with Crippen LogP contribution < -0.4 is 24.3 Å². The minimum absolute atomic E-state index is 0.239. The van der Waals surface area contributed by atoms with Crippen LogP contribution in [0.3, 0.4) is 0 Å². The normalized spacial score (nSPS) is 12.9. The van der Waals surface area contributed by atoms with Crippen LogP contribution in [0.15, 0.2) is 66.7 Å². The first-order valence-corrected chi connectivity index (χ1v) is 10.8. The standard InChI is InChI=1S/C26H25NO7/c1-17(25(28)27-20-9-11-22-24(15-20)32-13-12-31-22)34-26(29)19-8-10-21(23(14-19)30-2)33-16-18-6-4-3-5-7-18/h3-11,14-15,17H,12-13,16H2,1-2H3,(H,27,28)/t17-/m0/s1. The molecule has 8 nitrogen and oxygen atoms in total. The van der Waals surface area contributed by atoms with Gasteiger partial charge in [-0.15, -0.1) is 0 Å². The fraction of sp³-hybridized carbons (Fsp3) is 0.231. The number of nitrogens with one attached hydrogen (secondary N) is 1. The summed E-state index contributed by atoms with van der Waals surface area (Å²) in [5, 5.41) is 2.72. The minimum atomic E-state index is -1.03. The SMILES string of the molecule is COc1cc(C(=O)O[C@@H](C)C(=O)Nc2ccc3c(c2)OCCO3)ccc1OCc1ccccc1. The number of benzene rings is 3. The van der Waals surface area contributed by atoms with Crippen LogP contribution in [0.25, 0.3) is 0 Å². The molecule has 1 amide bonds. The van der Waals surface area contributed by atoms with Gasteiger partial charge in [-0.2, -0.15) is 0 Å². The van der Waals surface area contributed by atoms with E-state index in [1.807, 2.05) is 30.3 Å². The molecule has 0 saturated carbocycles. The zero-order valence-electron chi connectivity index (χ0n) is 18.9. The average molecular weight is 463 g/mol. The fourth-order valence-electron chi connectivity index (χ4n) is 3.30. The Labute approximate surface area is 197 Å². The molecule has 0 saturated heterocycles. The van der Waals surface area contributed by atoms with Crippen molar-refractivity contribution in [3.05, 3.63) is 77.9 Å². The third-order valence-corrected chi connectivity index (χ3v) is 5.10. The van der Waals surface area contributed by atoms with Crippen molar-refractivity contribution in [1.82, 2.24) is 0 Å². The maximum atomic E-state index is 12.6. The highest BCUT2D eigenvalue weighted by Gasteiger charge is 2.21. The van der Waals surface area contributed by atoms with Crippen LogP contribution in [-0.2, 0) is 16.1 Å². The number of methoxy groups -OCH3 is 1. The van der Waals surface area contributed by atoms with Crippen molar-refractivity contribution in [1.29, 1.82) is 0 Å². The summed E-state index contributed by atoms with van der Waals surface area (Å²) in [4.78, 5) is 25.2. The molecule has 1 aliphatic rings. The highest BCUT2D eigenvalue weighted by molar-refractivity contribution is 5.97. The Morgan fingerprint density at radius 1 is 0.941 bits per heavy atom. The Morgan fingerprint density at radius 2 is 1.71 bits per heavy atom. The smallest absolute Gasteiger partial charge is 0.339 e. The van der Waals surface area contributed by atoms with E-state index in [2.05, 4.69) is 5.32 Å². The predicted molar refractivity (Wildman–Crippen MR) is 125 cm³/mol. The Hall–Kier alpha value is -4.20. The number of carbonyl (C=O) groups is 2. The van der Waals surface area contributed by atoms with E-state index in [1.165, 1.54) is 20.1 Å². The first-order chi connectivity index (χ1) is 16.5. The summed E-state index contributed by atoms with van der Waals surface area (Å²) in [5.74, 6) is 0.924. The summed E-state index contributed by atoms with van der Waals surface area (Å²) in [6.07, 6.45) is -1.03. The van der Waals surface area contributed by atoms with Crippen molar-refractivity contribution in [3.8, 4) is 23.0 Å². The molecule has 0 unspecified atom stereocenters. The summed E-state index contributed by atoms with van der Waals surface area (Å²) in [7, 11) is 1.49. The second kappa shape index (κ2) is 10.6. The number of anilines is 1. The Kier molecular flexibility index (Phi) is 7.17. The van der Waals surface area contributed by atoms with Crippen LogP contribution >= 0.6 is 0 Å². The maximum Gasteiger partial charge on any atom is 0.339 e.